The van der Waals surface area contributed by atoms with Crippen molar-refractivity contribution < 1.29 is 19.1 Å². The number of hydrazine groups is 1. The van der Waals surface area contributed by atoms with Gasteiger partial charge in [-0.15, -0.1) is 0 Å². The first-order valence-electron chi connectivity index (χ1n) is 6.73. The molecule has 20 heavy (non-hydrogen) atoms. The number of hydrogen-bond donors (Lipinski definition) is 3. The van der Waals surface area contributed by atoms with E-state index in [4.69, 9.17) is 4.74 Å². The first-order valence-corrected chi connectivity index (χ1v) is 6.73. The van der Waals surface area contributed by atoms with Crippen LogP contribution in [0.25, 0.3) is 0 Å². The summed E-state index contributed by atoms with van der Waals surface area (Å²) < 4.78 is 5.08. The Kier molecular flexibility index (Phi) is 8.35. The van der Waals surface area contributed by atoms with E-state index in [1.54, 1.807) is 20.8 Å². The zero-order valence-electron chi connectivity index (χ0n) is 12.7. The molecule has 7 nitrogen and oxygen atoms in total. The molecule has 0 bridgehead atoms. The Morgan fingerprint density at radius 1 is 1.00 bits per heavy atom. The highest BCUT2D eigenvalue weighted by Gasteiger charge is 2.15. The Labute approximate surface area is 119 Å². The highest BCUT2D eigenvalue weighted by Crippen LogP contribution is 2.06. The molecule has 0 aromatic carbocycles. The summed E-state index contributed by atoms with van der Waals surface area (Å²) in [5, 5.41) is 2.65. The van der Waals surface area contributed by atoms with Gasteiger partial charge in [0.1, 0.15) is 5.60 Å². The van der Waals surface area contributed by atoms with Gasteiger partial charge in [-0.05, 0) is 33.6 Å². The van der Waals surface area contributed by atoms with E-state index in [2.05, 4.69) is 16.2 Å². The standard InChI is InChI=1S/C13H25N3O4/c1-10(17)15-16-11(18)8-6-5-7-9-14-12(19)20-13(2,3)4/h5-9H2,1-4H3,(H,14,19)(H,15,17)(H,16,18). The monoisotopic (exact) mass is 287 g/mol. The summed E-state index contributed by atoms with van der Waals surface area (Å²) in [5.74, 6) is -0.528. The molecule has 0 spiro atoms. The lowest BCUT2D eigenvalue weighted by molar-refractivity contribution is -0.127. The second kappa shape index (κ2) is 9.17. The number of rotatable bonds is 6. The lowest BCUT2D eigenvalue weighted by Gasteiger charge is -2.19. The number of carbonyl (C=O) groups excluding carboxylic acids is 3. The fourth-order valence-electron chi connectivity index (χ4n) is 1.31. The Hall–Kier alpha value is -1.79. The van der Waals surface area contributed by atoms with E-state index in [1.165, 1.54) is 6.92 Å². The van der Waals surface area contributed by atoms with E-state index >= 15 is 0 Å². The molecule has 0 aromatic heterocycles. The van der Waals surface area contributed by atoms with Crippen LogP contribution in [0, 0.1) is 0 Å². The van der Waals surface area contributed by atoms with Crippen molar-refractivity contribution in [3.05, 3.63) is 0 Å². The second-order valence-electron chi connectivity index (χ2n) is 5.47. The minimum Gasteiger partial charge on any atom is -0.444 e. The highest BCUT2D eigenvalue weighted by atomic mass is 16.6. The zero-order chi connectivity index (χ0) is 15.6. The van der Waals surface area contributed by atoms with Crippen molar-refractivity contribution in [2.24, 2.45) is 0 Å². The summed E-state index contributed by atoms with van der Waals surface area (Å²) in [6.07, 6.45) is 2.19. The molecule has 116 valence electrons. The third-order valence-electron chi connectivity index (χ3n) is 2.13. The van der Waals surface area contributed by atoms with Crippen LogP contribution < -0.4 is 16.2 Å². The van der Waals surface area contributed by atoms with Gasteiger partial charge in [0.05, 0.1) is 0 Å². The van der Waals surface area contributed by atoms with E-state index in [1.807, 2.05) is 0 Å². The number of unbranched alkanes of at least 4 members (excludes halogenated alkanes) is 2. The van der Waals surface area contributed by atoms with Gasteiger partial charge in [-0.25, -0.2) is 4.79 Å². The maximum absolute atomic E-state index is 11.3. The number of ether oxygens (including phenoxy) is 1. The fourth-order valence-corrected chi connectivity index (χ4v) is 1.31. The Balaban J connectivity index is 3.47. The molecule has 0 saturated carbocycles. The summed E-state index contributed by atoms with van der Waals surface area (Å²) in [4.78, 5) is 33.1. The maximum Gasteiger partial charge on any atom is 0.407 e. The van der Waals surface area contributed by atoms with Crippen molar-refractivity contribution in [2.45, 2.75) is 59.0 Å². The van der Waals surface area contributed by atoms with Gasteiger partial charge in [0.15, 0.2) is 0 Å². The third kappa shape index (κ3) is 12.7. The summed E-state index contributed by atoms with van der Waals surface area (Å²) >= 11 is 0. The van der Waals surface area contributed by atoms with E-state index in [-0.39, 0.29) is 11.8 Å². The van der Waals surface area contributed by atoms with Crippen LogP contribution in [0.3, 0.4) is 0 Å². The molecule has 0 unspecified atom stereocenters. The molecule has 7 heteroatoms. The molecule has 0 aliphatic heterocycles. The molecule has 3 amide bonds. The van der Waals surface area contributed by atoms with Crippen molar-refractivity contribution >= 4 is 17.9 Å². The molecule has 0 atom stereocenters. The predicted octanol–water partition coefficient (Wildman–Crippen LogP) is 1.24. The van der Waals surface area contributed by atoms with Gasteiger partial charge in [0.25, 0.3) is 0 Å². The quantitative estimate of drug-likeness (QED) is 0.506. The Morgan fingerprint density at radius 3 is 2.20 bits per heavy atom. The van der Waals surface area contributed by atoms with Crippen LogP contribution in [0.4, 0.5) is 4.79 Å². The first-order chi connectivity index (χ1) is 9.20. The molecule has 0 heterocycles. The van der Waals surface area contributed by atoms with Crippen molar-refractivity contribution in [1.29, 1.82) is 0 Å². The summed E-state index contributed by atoms with van der Waals surface area (Å²) in [5.41, 5.74) is 4.02. The lowest BCUT2D eigenvalue weighted by atomic mass is 10.2. The van der Waals surface area contributed by atoms with Crippen LogP contribution in [-0.4, -0.2) is 30.1 Å². The van der Waals surface area contributed by atoms with Crippen LogP contribution >= 0.6 is 0 Å². The Morgan fingerprint density at radius 2 is 1.65 bits per heavy atom. The van der Waals surface area contributed by atoms with Gasteiger partial charge in [0.2, 0.25) is 11.8 Å². The summed E-state index contributed by atoms with van der Waals surface area (Å²) in [7, 11) is 0. The van der Waals surface area contributed by atoms with E-state index < -0.39 is 11.7 Å². The lowest BCUT2D eigenvalue weighted by Crippen LogP contribution is -2.40. The van der Waals surface area contributed by atoms with Crippen LogP contribution in [0.5, 0.6) is 0 Å². The molecule has 0 fully saturated rings. The number of carbonyl (C=O) groups is 3. The number of hydrogen-bond acceptors (Lipinski definition) is 4. The minimum absolute atomic E-state index is 0.222. The van der Waals surface area contributed by atoms with Crippen molar-refractivity contribution in [1.82, 2.24) is 16.2 Å². The number of amides is 3. The van der Waals surface area contributed by atoms with Crippen LogP contribution in [-0.2, 0) is 14.3 Å². The second-order valence-corrected chi connectivity index (χ2v) is 5.47. The van der Waals surface area contributed by atoms with Gasteiger partial charge >= 0.3 is 6.09 Å². The zero-order valence-corrected chi connectivity index (χ0v) is 12.7. The van der Waals surface area contributed by atoms with E-state index in [0.29, 0.717) is 19.4 Å². The first kappa shape index (κ1) is 18.2. The topological polar surface area (TPSA) is 96.5 Å². The smallest absolute Gasteiger partial charge is 0.407 e. The summed E-state index contributed by atoms with van der Waals surface area (Å²) in [6.45, 7) is 7.26. The van der Waals surface area contributed by atoms with Crippen molar-refractivity contribution in [3.63, 3.8) is 0 Å². The number of nitrogens with one attached hydrogen (secondary N) is 3. The van der Waals surface area contributed by atoms with Gasteiger partial charge in [0, 0.05) is 19.9 Å². The maximum atomic E-state index is 11.3. The van der Waals surface area contributed by atoms with Gasteiger partial charge in [-0.1, -0.05) is 6.42 Å². The van der Waals surface area contributed by atoms with Gasteiger partial charge in [-0.2, -0.15) is 0 Å². The molecule has 3 N–H and O–H groups in total. The summed E-state index contributed by atoms with van der Waals surface area (Å²) in [6, 6.07) is 0. The minimum atomic E-state index is -0.494. The molecule has 0 aromatic rings. The van der Waals surface area contributed by atoms with E-state index in [9.17, 15) is 14.4 Å². The van der Waals surface area contributed by atoms with Crippen LogP contribution in [0.1, 0.15) is 53.4 Å². The van der Waals surface area contributed by atoms with Gasteiger partial charge in [-0.3, -0.25) is 20.4 Å². The molecular weight excluding hydrogens is 262 g/mol. The van der Waals surface area contributed by atoms with Crippen LogP contribution in [0.15, 0.2) is 0 Å². The third-order valence-corrected chi connectivity index (χ3v) is 2.13. The Bertz CT molecular complexity index is 337. The highest BCUT2D eigenvalue weighted by molar-refractivity contribution is 5.80. The van der Waals surface area contributed by atoms with Gasteiger partial charge < -0.3 is 10.1 Å². The van der Waals surface area contributed by atoms with Crippen LogP contribution in [0.2, 0.25) is 0 Å². The molecular formula is C13H25N3O4. The molecule has 0 rings (SSSR count). The van der Waals surface area contributed by atoms with E-state index in [0.717, 1.165) is 12.8 Å². The predicted molar refractivity (Wildman–Crippen MR) is 74.7 cm³/mol. The van der Waals surface area contributed by atoms with Crippen molar-refractivity contribution in [2.75, 3.05) is 6.54 Å². The average Bonchev–Trinajstić information content (AvgIpc) is 2.28. The largest absolute Gasteiger partial charge is 0.444 e. The molecule has 0 aliphatic carbocycles. The molecule has 0 saturated heterocycles. The normalized spacial score (nSPS) is 10.6. The molecule has 0 aliphatic rings. The average molecular weight is 287 g/mol. The van der Waals surface area contributed by atoms with Crippen molar-refractivity contribution in [3.8, 4) is 0 Å². The SMILES string of the molecule is CC(=O)NNC(=O)CCCCCNC(=O)OC(C)(C)C. The molecule has 0 radical (unpaired) electrons. The number of alkyl carbamates (subject to hydrolysis) is 1. The fraction of sp³-hybridized carbons (Fsp3) is 0.769.